The Labute approximate surface area is 206 Å². The van der Waals surface area contributed by atoms with Crippen LogP contribution in [-0.4, -0.2) is 54.5 Å². The van der Waals surface area contributed by atoms with Crippen molar-refractivity contribution in [1.82, 2.24) is 15.3 Å². The van der Waals surface area contributed by atoms with Crippen molar-refractivity contribution >= 4 is 34.8 Å². The SMILES string of the molecule is CN(C)c1nc(NC2CCC(NC(=S)Nc3ccc4c(c3)OCCO4)CC2)nc2c1CCCC2. The molecule has 1 aromatic carbocycles. The lowest BCUT2D eigenvalue weighted by Crippen LogP contribution is -2.42. The molecule has 9 heteroatoms. The van der Waals surface area contributed by atoms with Crippen LogP contribution >= 0.6 is 12.2 Å². The van der Waals surface area contributed by atoms with Gasteiger partial charge in [-0.05, 0) is 75.7 Å². The second-order valence-corrected chi connectivity index (χ2v) is 9.96. The summed E-state index contributed by atoms with van der Waals surface area (Å²) < 4.78 is 11.2. The largest absolute Gasteiger partial charge is 0.486 e. The molecule has 0 saturated heterocycles. The lowest BCUT2D eigenvalue weighted by Gasteiger charge is -2.31. The minimum absolute atomic E-state index is 0.358. The molecule has 2 aliphatic carbocycles. The van der Waals surface area contributed by atoms with Crippen LogP contribution in [0.3, 0.4) is 0 Å². The highest BCUT2D eigenvalue weighted by atomic mass is 32.1. The summed E-state index contributed by atoms with van der Waals surface area (Å²) in [5.74, 6) is 3.38. The number of aromatic nitrogens is 2. The van der Waals surface area contributed by atoms with E-state index in [2.05, 4.69) is 34.9 Å². The molecular weight excluding hydrogens is 448 g/mol. The quantitative estimate of drug-likeness (QED) is 0.550. The van der Waals surface area contributed by atoms with Crippen molar-refractivity contribution in [3.05, 3.63) is 29.5 Å². The number of anilines is 3. The van der Waals surface area contributed by atoms with Crippen molar-refractivity contribution in [3.63, 3.8) is 0 Å². The average molecular weight is 483 g/mol. The number of benzene rings is 1. The molecule has 34 heavy (non-hydrogen) atoms. The highest BCUT2D eigenvalue weighted by molar-refractivity contribution is 7.80. The van der Waals surface area contributed by atoms with E-state index in [1.54, 1.807) is 0 Å². The second-order valence-electron chi connectivity index (χ2n) is 9.55. The lowest BCUT2D eigenvalue weighted by atomic mass is 9.91. The monoisotopic (exact) mass is 482 g/mol. The summed E-state index contributed by atoms with van der Waals surface area (Å²) in [6, 6.07) is 6.55. The molecule has 0 radical (unpaired) electrons. The maximum absolute atomic E-state index is 5.66. The van der Waals surface area contributed by atoms with Gasteiger partial charge in [0.25, 0.3) is 0 Å². The zero-order valence-electron chi connectivity index (χ0n) is 20.0. The van der Waals surface area contributed by atoms with E-state index in [-0.39, 0.29) is 0 Å². The Kier molecular flexibility index (Phi) is 6.89. The molecule has 182 valence electrons. The molecule has 2 aromatic rings. The summed E-state index contributed by atoms with van der Waals surface area (Å²) in [5, 5.41) is 11.0. The number of hydrogen-bond donors (Lipinski definition) is 3. The fourth-order valence-electron chi connectivity index (χ4n) is 5.05. The van der Waals surface area contributed by atoms with Gasteiger partial charge in [-0.15, -0.1) is 0 Å². The highest BCUT2D eigenvalue weighted by Gasteiger charge is 2.24. The van der Waals surface area contributed by atoms with Crippen LogP contribution in [0.2, 0.25) is 0 Å². The zero-order chi connectivity index (χ0) is 23.5. The zero-order valence-corrected chi connectivity index (χ0v) is 20.8. The third-order valence-electron chi connectivity index (χ3n) is 6.78. The molecule has 3 N–H and O–H groups in total. The van der Waals surface area contributed by atoms with Crippen molar-refractivity contribution in [3.8, 4) is 11.5 Å². The van der Waals surface area contributed by atoms with Crippen LogP contribution < -0.4 is 30.3 Å². The third-order valence-corrected chi connectivity index (χ3v) is 7.00. The molecule has 1 aromatic heterocycles. The summed E-state index contributed by atoms with van der Waals surface area (Å²) >= 11 is 5.57. The molecule has 2 heterocycles. The Morgan fingerprint density at radius 1 is 0.971 bits per heavy atom. The van der Waals surface area contributed by atoms with Gasteiger partial charge in [0, 0.05) is 43.5 Å². The highest BCUT2D eigenvalue weighted by Crippen LogP contribution is 2.33. The molecule has 0 amide bonds. The Balaban J connectivity index is 1.13. The fourth-order valence-corrected chi connectivity index (χ4v) is 5.33. The van der Waals surface area contributed by atoms with Gasteiger partial charge in [-0.2, -0.15) is 4.98 Å². The predicted molar refractivity (Wildman–Crippen MR) is 139 cm³/mol. The van der Waals surface area contributed by atoms with Gasteiger partial charge in [0.15, 0.2) is 16.6 Å². The first-order chi connectivity index (χ1) is 16.5. The summed E-state index contributed by atoms with van der Waals surface area (Å²) in [6.07, 6.45) is 8.79. The number of hydrogen-bond acceptors (Lipinski definition) is 7. The maximum Gasteiger partial charge on any atom is 0.225 e. The van der Waals surface area contributed by atoms with E-state index in [0.717, 1.165) is 67.5 Å². The Morgan fingerprint density at radius 2 is 1.71 bits per heavy atom. The van der Waals surface area contributed by atoms with E-state index >= 15 is 0 Å². The van der Waals surface area contributed by atoms with E-state index in [1.807, 2.05) is 18.2 Å². The Morgan fingerprint density at radius 3 is 2.50 bits per heavy atom. The number of nitrogens with zero attached hydrogens (tertiary/aromatic N) is 3. The lowest BCUT2D eigenvalue weighted by molar-refractivity contribution is 0.171. The average Bonchev–Trinajstić information content (AvgIpc) is 2.84. The van der Waals surface area contributed by atoms with Crippen LogP contribution in [0.5, 0.6) is 11.5 Å². The van der Waals surface area contributed by atoms with Crippen LogP contribution in [-0.2, 0) is 12.8 Å². The number of fused-ring (bicyclic) bond motifs is 2. The number of rotatable bonds is 5. The van der Waals surface area contributed by atoms with E-state index in [4.69, 9.17) is 31.7 Å². The fraction of sp³-hybridized carbons (Fsp3) is 0.560. The Hall–Kier alpha value is -2.81. The first-order valence-corrected chi connectivity index (χ1v) is 12.8. The summed E-state index contributed by atoms with van der Waals surface area (Å²) in [7, 11) is 4.14. The molecule has 0 spiro atoms. The first-order valence-electron chi connectivity index (χ1n) is 12.4. The molecule has 5 rings (SSSR count). The maximum atomic E-state index is 5.66. The molecule has 1 fully saturated rings. The normalized spacial score (nSPS) is 21.2. The predicted octanol–water partition coefficient (Wildman–Crippen LogP) is 3.90. The number of nitrogens with one attached hydrogen (secondary N) is 3. The van der Waals surface area contributed by atoms with Crippen LogP contribution in [0.1, 0.15) is 49.8 Å². The summed E-state index contributed by atoms with van der Waals surface area (Å²) in [4.78, 5) is 11.9. The van der Waals surface area contributed by atoms with E-state index in [1.165, 1.54) is 24.1 Å². The van der Waals surface area contributed by atoms with Crippen molar-refractivity contribution in [2.45, 2.75) is 63.5 Å². The van der Waals surface area contributed by atoms with Gasteiger partial charge in [0.1, 0.15) is 19.0 Å². The molecule has 8 nitrogen and oxygen atoms in total. The molecule has 0 atom stereocenters. The minimum atomic E-state index is 0.358. The van der Waals surface area contributed by atoms with Gasteiger partial charge in [-0.1, -0.05) is 0 Å². The second kappa shape index (κ2) is 10.2. The van der Waals surface area contributed by atoms with E-state index in [0.29, 0.717) is 30.4 Å². The van der Waals surface area contributed by atoms with Crippen LogP contribution in [0.4, 0.5) is 17.5 Å². The topological polar surface area (TPSA) is 83.6 Å². The first kappa shape index (κ1) is 23.0. The standard InChI is InChI=1S/C25H34N6O2S/c1-31(2)23-19-5-3-4-6-20(19)29-24(30-23)26-16-7-9-17(10-8-16)27-25(34)28-18-11-12-21-22(15-18)33-14-13-32-21/h11-12,15-17H,3-10,13-14H2,1-2H3,(H,26,29,30)(H2,27,28,34). The number of aryl methyl sites for hydroxylation is 1. The van der Waals surface area contributed by atoms with Gasteiger partial charge in [0.05, 0.1) is 5.69 Å². The van der Waals surface area contributed by atoms with Crippen LogP contribution in [0.15, 0.2) is 18.2 Å². The Bertz CT molecular complexity index is 1040. The summed E-state index contributed by atoms with van der Waals surface area (Å²) in [5.41, 5.74) is 3.45. The van der Waals surface area contributed by atoms with Crippen molar-refractivity contribution < 1.29 is 9.47 Å². The van der Waals surface area contributed by atoms with Crippen molar-refractivity contribution in [1.29, 1.82) is 0 Å². The van der Waals surface area contributed by atoms with Gasteiger partial charge < -0.3 is 30.3 Å². The smallest absolute Gasteiger partial charge is 0.225 e. The third kappa shape index (κ3) is 5.29. The van der Waals surface area contributed by atoms with Gasteiger partial charge in [0.2, 0.25) is 5.95 Å². The molecular formula is C25H34N6O2S. The molecule has 3 aliphatic rings. The van der Waals surface area contributed by atoms with Gasteiger partial charge in [-0.3, -0.25) is 0 Å². The van der Waals surface area contributed by atoms with Crippen molar-refractivity contribution in [2.24, 2.45) is 0 Å². The molecule has 1 saturated carbocycles. The number of ether oxygens (including phenoxy) is 2. The van der Waals surface area contributed by atoms with Crippen LogP contribution in [0.25, 0.3) is 0 Å². The molecule has 1 aliphatic heterocycles. The number of thiocarbonyl (C=S) groups is 1. The van der Waals surface area contributed by atoms with E-state index < -0.39 is 0 Å². The molecule has 0 bridgehead atoms. The van der Waals surface area contributed by atoms with E-state index in [9.17, 15) is 0 Å². The summed E-state index contributed by atoms with van der Waals surface area (Å²) in [6.45, 7) is 1.16. The van der Waals surface area contributed by atoms with Crippen molar-refractivity contribution in [2.75, 3.05) is 42.8 Å². The van der Waals surface area contributed by atoms with Gasteiger partial charge in [-0.25, -0.2) is 4.98 Å². The van der Waals surface area contributed by atoms with Crippen LogP contribution in [0, 0.1) is 0 Å². The molecule has 0 unspecified atom stereocenters. The van der Waals surface area contributed by atoms with Gasteiger partial charge >= 0.3 is 0 Å². The minimum Gasteiger partial charge on any atom is -0.486 e.